The molecule has 1 unspecified atom stereocenters. The average molecular weight is 666 g/mol. The van der Waals surface area contributed by atoms with Crippen LogP contribution in [0.5, 0.6) is 5.75 Å². The molecular formula is C34H43N3O9Si. The number of aliphatic hydroxyl groups is 1. The second-order valence-corrected chi connectivity index (χ2v) is 17.6. The molecule has 47 heavy (non-hydrogen) atoms. The molecule has 3 saturated heterocycles. The van der Waals surface area contributed by atoms with Crippen LogP contribution in [0.3, 0.4) is 0 Å². The predicted molar refractivity (Wildman–Crippen MR) is 174 cm³/mol. The second-order valence-electron chi connectivity index (χ2n) is 13.6. The Morgan fingerprint density at radius 3 is 2.47 bits per heavy atom. The van der Waals surface area contributed by atoms with E-state index in [-0.39, 0.29) is 49.8 Å². The fourth-order valence-corrected chi connectivity index (χ4v) is 10.7. The number of amides is 3. The Hall–Kier alpha value is -3.78. The molecular weight excluding hydrogens is 622 g/mol. The van der Waals surface area contributed by atoms with E-state index in [9.17, 15) is 29.1 Å². The Labute approximate surface area is 275 Å². The van der Waals surface area contributed by atoms with Gasteiger partial charge in [0.2, 0.25) is 11.8 Å². The maximum Gasteiger partial charge on any atom is 0.304 e. The summed E-state index contributed by atoms with van der Waals surface area (Å²) in [4.78, 5) is 68.5. The van der Waals surface area contributed by atoms with E-state index in [0.717, 1.165) is 18.4 Å². The number of hydrogen-bond donors (Lipinski definition) is 2. The molecule has 0 bridgehead atoms. The summed E-state index contributed by atoms with van der Waals surface area (Å²) in [5.41, 5.74) is 0.799. The summed E-state index contributed by atoms with van der Waals surface area (Å²) in [6.45, 7) is 7.53. The van der Waals surface area contributed by atoms with E-state index in [4.69, 9.17) is 14.2 Å². The molecule has 3 amide bonds. The molecule has 2 N–H and O–H groups in total. The van der Waals surface area contributed by atoms with Gasteiger partial charge < -0.3 is 33.9 Å². The predicted octanol–water partition coefficient (Wildman–Crippen LogP) is 3.04. The average Bonchev–Trinajstić information content (AvgIpc) is 3.67. The molecule has 0 saturated carbocycles. The number of anilines is 2. The zero-order chi connectivity index (χ0) is 33.8. The van der Waals surface area contributed by atoms with Crippen molar-refractivity contribution in [2.45, 2.75) is 88.7 Å². The third-order valence-corrected chi connectivity index (χ3v) is 12.7. The highest BCUT2D eigenvalue weighted by Crippen LogP contribution is 2.60. The highest BCUT2D eigenvalue weighted by atomic mass is 28.4. The minimum atomic E-state index is -2.99. The quantitative estimate of drug-likeness (QED) is 0.235. The lowest BCUT2D eigenvalue weighted by Gasteiger charge is -2.39. The zero-order valence-corrected chi connectivity index (χ0v) is 28.5. The van der Waals surface area contributed by atoms with Gasteiger partial charge in [0.15, 0.2) is 20.1 Å². The highest BCUT2D eigenvalue weighted by molar-refractivity contribution is 6.71. The van der Waals surface area contributed by atoms with Crippen molar-refractivity contribution in [1.29, 1.82) is 0 Å². The Morgan fingerprint density at radius 2 is 1.85 bits per heavy atom. The summed E-state index contributed by atoms with van der Waals surface area (Å²) in [6.07, 6.45) is 0.342. The molecule has 252 valence electrons. The fourth-order valence-electron chi connectivity index (χ4n) is 8.11. The number of rotatable bonds is 9. The van der Waals surface area contributed by atoms with Crippen LogP contribution in [0.1, 0.15) is 50.7 Å². The van der Waals surface area contributed by atoms with Gasteiger partial charge in [0.05, 0.1) is 50.9 Å². The maximum absolute atomic E-state index is 14.7. The number of ether oxygens (including phenoxy) is 3. The van der Waals surface area contributed by atoms with Crippen LogP contribution in [0.2, 0.25) is 18.6 Å². The van der Waals surface area contributed by atoms with Gasteiger partial charge >= 0.3 is 5.97 Å². The van der Waals surface area contributed by atoms with Crippen molar-refractivity contribution in [1.82, 2.24) is 4.90 Å². The van der Waals surface area contributed by atoms with Gasteiger partial charge in [-0.3, -0.25) is 24.1 Å². The Balaban J connectivity index is 1.31. The molecule has 4 aliphatic rings. The molecule has 4 aliphatic heterocycles. The van der Waals surface area contributed by atoms with Gasteiger partial charge in [-0.25, -0.2) is 0 Å². The molecule has 2 aromatic carbocycles. The number of esters is 1. The number of β-lactam (4-membered cyclic amide) rings is 1. The highest BCUT2D eigenvalue weighted by Gasteiger charge is 2.66. The number of methoxy groups -OCH3 is 1. The van der Waals surface area contributed by atoms with Crippen LogP contribution < -0.4 is 14.5 Å². The molecule has 12 nitrogen and oxygen atoms in total. The number of nitrogens with zero attached hydrogens (tertiary/aromatic N) is 3. The molecule has 0 aliphatic carbocycles. The first-order valence-corrected chi connectivity index (χ1v) is 19.2. The van der Waals surface area contributed by atoms with Crippen LogP contribution in [-0.2, 0) is 40.8 Å². The van der Waals surface area contributed by atoms with Crippen LogP contribution in [0.15, 0.2) is 42.5 Å². The molecule has 13 heteroatoms. The van der Waals surface area contributed by atoms with Crippen LogP contribution in [0.4, 0.5) is 11.4 Å². The van der Waals surface area contributed by atoms with Crippen LogP contribution in [0, 0.1) is 5.92 Å². The van der Waals surface area contributed by atoms with E-state index in [1.54, 1.807) is 35.1 Å². The van der Waals surface area contributed by atoms with Crippen LogP contribution in [0.25, 0.3) is 0 Å². The second kappa shape index (κ2) is 12.3. The molecule has 6 rings (SSSR count). The molecule has 4 heterocycles. The number of fused-ring (bicyclic) bond motifs is 2. The van der Waals surface area contributed by atoms with E-state index in [1.807, 2.05) is 44.3 Å². The van der Waals surface area contributed by atoms with Gasteiger partial charge in [-0.1, -0.05) is 19.1 Å². The number of carbonyl (C=O) groups excluding carboxylic acids is 4. The van der Waals surface area contributed by atoms with Gasteiger partial charge in [-0.2, -0.15) is 0 Å². The fraction of sp³-hybridized carbons (Fsp3) is 0.529. The van der Waals surface area contributed by atoms with Crippen molar-refractivity contribution in [2.75, 3.05) is 30.1 Å². The SMILES string of the molecule is COc1ccc2c(c1)[C@]1(O[C@@H](CC(=O)N3CCC[C@H]3CO)[C@H]([Si](C)(C)O)[C@H]1C)C(=O)N2Cc1ccc(N2C(=O)CC2OC(C)=O)cc1. The normalized spacial score (nSPS) is 28.6. The molecule has 0 radical (unpaired) electrons. The Bertz CT molecular complexity index is 1580. The molecule has 3 fully saturated rings. The summed E-state index contributed by atoms with van der Waals surface area (Å²) < 4.78 is 17.6. The minimum absolute atomic E-state index is 0.00183. The van der Waals surface area contributed by atoms with Gasteiger partial charge in [0.1, 0.15) is 5.75 Å². The van der Waals surface area contributed by atoms with Crippen LogP contribution >= 0.6 is 0 Å². The summed E-state index contributed by atoms with van der Waals surface area (Å²) in [5.74, 6) is -0.942. The van der Waals surface area contributed by atoms with Crippen molar-refractivity contribution in [3.05, 3.63) is 53.6 Å². The minimum Gasteiger partial charge on any atom is -0.497 e. The smallest absolute Gasteiger partial charge is 0.304 e. The summed E-state index contributed by atoms with van der Waals surface area (Å²) in [6, 6.07) is 12.4. The Kier molecular flexibility index (Phi) is 8.70. The number of hydrogen-bond acceptors (Lipinski definition) is 9. The number of benzene rings is 2. The molecule has 2 aromatic rings. The lowest BCUT2D eigenvalue weighted by molar-refractivity contribution is -0.154. The summed E-state index contributed by atoms with van der Waals surface area (Å²) >= 11 is 0. The first-order valence-electron chi connectivity index (χ1n) is 16.2. The van der Waals surface area contributed by atoms with E-state index in [1.165, 1.54) is 11.8 Å². The van der Waals surface area contributed by atoms with Crippen molar-refractivity contribution < 1.29 is 43.3 Å². The monoisotopic (exact) mass is 665 g/mol. The molecule has 0 aromatic heterocycles. The van der Waals surface area contributed by atoms with Crippen molar-refractivity contribution >= 4 is 43.4 Å². The zero-order valence-electron chi connectivity index (χ0n) is 27.5. The Morgan fingerprint density at radius 1 is 1.13 bits per heavy atom. The largest absolute Gasteiger partial charge is 0.497 e. The van der Waals surface area contributed by atoms with E-state index < -0.39 is 43.7 Å². The third kappa shape index (κ3) is 5.62. The van der Waals surface area contributed by atoms with Gasteiger partial charge in [-0.15, -0.1) is 0 Å². The lowest BCUT2D eigenvalue weighted by Crippen LogP contribution is -2.54. The van der Waals surface area contributed by atoms with Crippen LogP contribution in [-0.4, -0.2) is 85.4 Å². The lowest BCUT2D eigenvalue weighted by atomic mass is 9.82. The number of likely N-dealkylation sites (tertiary alicyclic amines) is 1. The molecule has 1 spiro atoms. The third-order valence-electron chi connectivity index (χ3n) is 10.2. The van der Waals surface area contributed by atoms with Gasteiger partial charge in [0.25, 0.3) is 5.91 Å². The maximum atomic E-state index is 14.7. The van der Waals surface area contributed by atoms with E-state index in [2.05, 4.69) is 0 Å². The first kappa shape index (κ1) is 33.1. The topological polar surface area (TPSA) is 146 Å². The van der Waals surface area contributed by atoms with Crippen molar-refractivity contribution in [2.24, 2.45) is 5.92 Å². The summed E-state index contributed by atoms with van der Waals surface area (Å²) in [5, 5.41) is 9.84. The summed E-state index contributed by atoms with van der Waals surface area (Å²) in [7, 11) is -1.44. The molecule has 6 atom stereocenters. The standard InChI is InChI=1S/C34H43N3O9Si/c1-20-32(47(4,5)43)28(16-29(40)35-14-6-7-24(35)19-38)46-34(20)26-15-25(44-3)12-13-27(26)36(33(34)42)18-22-8-10-23(11-9-22)37-30(41)17-31(37)45-21(2)39/h8-13,15,20,24,28,31-32,38,43H,6-7,14,16-19H2,1-5H3/t20-,24+,28+,31?,32-,34+/m1/s1. The van der Waals surface area contributed by atoms with Gasteiger partial charge in [-0.05, 0) is 61.8 Å². The van der Waals surface area contributed by atoms with Crippen molar-refractivity contribution in [3.8, 4) is 5.75 Å². The van der Waals surface area contributed by atoms with E-state index >= 15 is 0 Å². The van der Waals surface area contributed by atoms with Crippen molar-refractivity contribution in [3.63, 3.8) is 0 Å². The van der Waals surface area contributed by atoms with Gasteiger partial charge in [0, 0.05) is 36.2 Å². The van der Waals surface area contributed by atoms with E-state index in [0.29, 0.717) is 29.2 Å². The number of carbonyl (C=O) groups is 4. The number of aliphatic hydroxyl groups excluding tert-OH is 1. The first-order chi connectivity index (χ1) is 22.3.